The zero-order valence-corrected chi connectivity index (χ0v) is 15.3. The van der Waals surface area contributed by atoms with Gasteiger partial charge in [-0.1, -0.05) is 17.7 Å². The highest BCUT2D eigenvalue weighted by Gasteiger charge is 2.19. The molecule has 1 aliphatic rings. The number of anilines is 1. The Bertz CT molecular complexity index is 699. The van der Waals surface area contributed by atoms with Crippen molar-refractivity contribution < 1.29 is 0 Å². The Hall–Kier alpha value is -1.69. The summed E-state index contributed by atoms with van der Waals surface area (Å²) in [5, 5.41) is 4.81. The zero-order valence-electron chi connectivity index (χ0n) is 13.7. The van der Waals surface area contributed by atoms with Crippen LogP contribution < -0.4 is 5.32 Å². The maximum Gasteiger partial charge on any atom is 0.173 e. The Morgan fingerprint density at radius 2 is 1.88 bits per heavy atom. The molecule has 0 unspecified atom stereocenters. The van der Waals surface area contributed by atoms with Gasteiger partial charge in [0.25, 0.3) is 0 Å². The molecule has 1 aliphatic heterocycles. The van der Waals surface area contributed by atoms with E-state index in [1.54, 1.807) is 0 Å². The SMILES string of the molecule is Cc1ccc(NC(=S)N2CCN(Cc3ccncc3)CC2)cc1Cl. The normalized spacial score (nSPS) is 15.3. The molecule has 1 N–H and O–H groups in total. The minimum atomic E-state index is 0.755. The van der Waals surface area contributed by atoms with Gasteiger partial charge in [-0.05, 0) is 54.5 Å². The van der Waals surface area contributed by atoms with Crippen LogP contribution in [0.15, 0.2) is 42.7 Å². The number of halogens is 1. The van der Waals surface area contributed by atoms with Crippen LogP contribution in [-0.2, 0) is 6.54 Å². The van der Waals surface area contributed by atoms with E-state index in [0.717, 1.165) is 54.1 Å². The third-order valence-corrected chi connectivity index (χ3v) is 5.01. The number of aryl methyl sites for hydroxylation is 1. The van der Waals surface area contributed by atoms with E-state index < -0.39 is 0 Å². The second-order valence-electron chi connectivity index (χ2n) is 6.01. The molecule has 0 amide bonds. The van der Waals surface area contributed by atoms with Gasteiger partial charge in [-0.25, -0.2) is 0 Å². The van der Waals surface area contributed by atoms with Crippen LogP contribution in [0.1, 0.15) is 11.1 Å². The van der Waals surface area contributed by atoms with E-state index in [2.05, 4.69) is 32.2 Å². The highest BCUT2D eigenvalue weighted by molar-refractivity contribution is 7.80. The van der Waals surface area contributed by atoms with Gasteiger partial charge < -0.3 is 10.2 Å². The molecule has 1 aromatic heterocycles. The molecule has 24 heavy (non-hydrogen) atoms. The Morgan fingerprint density at radius 3 is 2.54 bits per heavy atom. The Balaban J connectivity index is 1.50. The van der Waals surface area contributed by atoms with E-state index in [-0.39, 0.29) is 0 Å². The molecule has 0 atom stereocenters. The predicted molar refractivity (Wildman–Crippen MR) is 103 cm³/mol. The first-order valence-corrected chi connectivity index (χ1v) is 8.84. The summed E-state index contributed by atoms with van der Waals surface area (Å²) in [4.78, 5) is 8.72. The second-order valence-corrected chi connectivity index (χ2v) is 6.81. The smallest absolute Gasteiger partial charge is 0.173 e. The van der Waals surface area contributed by atoms with Crippen molar-refractivity contribution in [2.24, 2.45) is 0 Å². The number of nitrogens with one attached hydrogen (secondary N) is 1. The Kier molecular flexibility index (Phi) is 5.66. The Labute approximate surface area is 153 Å². The topological polar surface area (TPSA) is 31.4 Å². The van der Waals surface area contributed by atoms with Crippen molar-refractivity contribution in [1.82, 2.24) is 14.8 Å². The van der Waals surface area contributed by atoms with Crippen molar-refractivity contribution in [1.29, 1.82) is 0 Å². The molecule has 0 saturated carbocycles. The number of thiocarbonyl (C=S) groups is 1. The van der Waals surface area contributed by atoms with E-state index in [1.807, 2.05) is 37.5 Å². The van der Waals surface area contributed by atoms with Crippen LogP contribution in [0.3, 0.4) is 0 Å². The monoisotopic (exact) mass is 360 g/mol. The summed E-state index contributed by atoms with van der Waals surface area (Å²) in [6, 6.07) is 10.1. The van der Waals surface area contributed by atoms with E-state index in [9.17, 15) is 0 Å². The van der Waals surface area contributed by atoms with Gasteiger partial charge in [-0.2, -0.15) is 0 Å². The van der Waals surface area contributed by atoms with Crippen molar-refractivity contribution in [3.05, 3.63) is 58.9 Å². The summed E-state index contributed by atoms with van der Waals surface area (Å²) < 4.78 is 0. The fourth-order valence-electron chi connectivity index (χ4n) is 2.73. The fraction of sp³-hybridized carbons (Fsp3) is 0.333. The van der Waals surface area contributed by atoms with Gasteiger partial charge in [0, 0.05) is 55.8 Å². The summed E-state index contributed by atoms with van der Waals surface area (Å²) in [6.45, 7) is 6.81. The molecule has 1 aromatic carbocycles. The van der Waals surface area contributed by atoms with Crippen LogP contribution in [0.4, 0.5) is 5.69 Å². The lowest BCUT2D eigenvalue weighted by atomic mass is 10.2. The van der Waals surface area contributed by atoms with Crippen LogP contribution in [0.25, 0.3) is 0 Å². The van der Waals surface area contributed by atoms with E-state index in [1.165, 1.54) is 5.56 Å². The maximum absolute atomic E-state index is 6.17. The number of hydrogen-bond acceptors (Lipinski definition) is 3. The quantitative estimate of drug-likeness (QED) is 0.846. The molecule has 0 bridgehead atoms. The number of benzene rings is 1. The van der Waals surface area contributed by atoms with Gasteiger partial charge >= 0.3 is 0 Å². The van der Waals surface area contributed by atoms with Gasteiger partial charge in [-0.15, -0.1) is 0 Å². The first-order chi connectivity index (χ1) is 11.6. The molecule has 3 rings (SSSR count). The van der Waals surface area contributed by atoms with Crippen LogP contribution in [0, 0.1) is 6.92 Å². The van der Waals surface area contributed by atoms with Crippen molar-refractivity contribution >= 4 is 34.6 Å². The van der Waals surface area contributed by atoms with Crippen LogP contribution >= 0.6 is 23.8 Å². The van der Waals surface area contributed by atoms with Crippen molar-refractivity contribution in [3.8, 4) is 0 Å². The maximum atomic E-state index is 6.17. The summed E-state index contributed by atoms with van der Waals surface area (Å²) in [7, 11) is 0. The third kappa shape index (κ3) is 4.44. The lowest BCUT2D eigenvalue weighted by molar-refractivity contribution is 0.177. The van der Waals surface area contributed by atoms with Gasteiger partial charge in [0.2, 0.25) is 0 Å². The van der Waals surface area contributed by atoms with E-state index in [4.69, 9.17) is 23.8 Å². The highest BCUT2D eigenvalue weighted by atomic mass is 35.5. The minimum absolute atomic E-state index is 0.755. The zero-order chi connectivity index (χ0) is 16.9. The number of piperazine rings is 1. The molecular weight excluding hydrogens is 340 g/mol. The number of hydrogen-bond donors (Lipinski definition) is 1. The van der Waals surface area contributed by atoms with Gasteiger partial charge in [0.1, 0.15) is 0 Å². The number of rotatable bonds is 3. The molecule has 4 nitrogen and oxygen atoms in total. The Morgan fingerprint density at radius 1 is 1.17 bits per heavy atom. The number of aromatic nitrogens is 1. The summed E-state index contributed by atoms with van der Waals surface area (Å²) in [5.74, 6) is 0. The minimum Gasteiger partial charge on any atom is -0.346 e. The largest absolute Gasteiger partial charge is 0.346 e. The molecule has 0 spiro atoms. The molecule has 0 radical (unpaired) electrons. The lowest BCUT2D eigenvalue weighted by Gasteiger charge is -2.36. The van der Waals surface area contributed by atoms with Gasteiger partial charge in [0.15, 0.2) is 5.11 Å². The number of nitrogens with zero attached hydrogens (tertiary/aromatic N) is 3. The molecule has 2 heterocycles. The molecule has 1 saturated heterocycles. The first kappa shape index (κ1) is 17.1. The van der Waals surface area contributed by atoms with Crippen molar-refractivity contribution in [2.45, 2.75) is 13.5 Å². The lowest BCUT2D eigenvalue weighted by Crippen LogP contribution is -2.49. The average Bonchev–Trinajstić information content (AvgIpc) is 2.60. The summed E-state index contributed by atoms with van der Waals surface area (Å²) >= 11 is 11.7. The van der Waals surface area contributed by atoms with E-state index >= 15 is 0 Å². The van der Waals surface area contributed by atoms with Crippen molar-refractivity contribution in [3.63, 3.8) is 0 Å². The van der Waals surface area contributed by atoms with Crippen molar-refractivity contribution in [2.75, 3.05) is 31.5 Å². The van der Waals surface area contributed by atoms with Crippen LogP contribution in [0.5, 0.6) is 0 Å². The second kappa shape index (κ2) is 7.92. The molecule has 0 aliphatic carbocycles. The fourth-order valence-corrected chi connectivity index (χ4v) is 3.21. The predicted octanol–water partition coefficient (Wildman–Crippen LogP) is 3.56. The summed E-state index contributed by atoms with van der Waals surface area (Å²) in [6.07, 6.45) is 3.69. The van der Waals surface area contributed by atoms with Crippen LogP contribution in [-0.4, -0.2) is 46.1 Å². The molecule has 1 fully saturated rings. The van der Waals surface area contributed by atoms with Gasteiger partial charge in [-0.3, -0.25) is 9.88 Å². The summed E-state index contributed by atoms with van der Waals surface area (Å²) in [5.41, 5.74) is 3.31. The molecule has 2 aromatic rings. The average molecular weight is 361 g/mol. The molecular formula is C18H21ClN4S. The van der Waals surface area contributed by atoms with Crippen LogP contribution in [0.2, 0.25) is 5.02 Å². The molecule has 6 heteroatoms. The standard InChI is InChI=1S/C18H21ClN4S/c1-14-2-3-16(12-17(14)19)21-18(24)23-10-8-22(9-11-23)13-15-4-6-20-7-5-15/h2-7,12H,8-11,13H2,1H3,(H,21,24). The van der Waals surface area contributed by atoms with E-state index in [0.29, 0.717) is 0 Å². The third-order valence-electron chi connectivity index (χ3n) is 4.24. The highest BCUT2D eigenvalue weighted by Crippen LogP contribution is 2.20. The molecule has 126 valence electrons. The van der Waals surface area contributed by atoms with Gasteiger partial charge in [0.05, 0.1) is 0 Å². The first-order valence-electron chi connectivity index (χ1n) is 8.05. The number of pyridine rings is 1.